The molecule has 0 aromatic heterocycles. The van der Waals surface area contributed by atoms with Crippen molar-refractivity contribution in [3.05, 3.63) is 35.5 Å². The van der Waals surface area contributed by atoms with Gasteiger partial charge < -0.3 is 5.73 Å². The summed E-state index contributed by atoms with van der Waals surface area (Å²) < 4.78 is 0. The van der Waals surface area contributed by atoms with E-state index in [0.717, 1.165) is 12.0 Å². The van der Waals surface area contributed by atoms with Crippen LogP contribution < -0.4 is 5.73 Å². The minimum Gasteiger partial charge on any atom is -0.366 e. The summed E-state index contributed by atoms with van der Waals surface area (Å²) in [4.78, 5) is 10.7. The predicted molar refractivity (Wildman–Crippen MR) is 52.6 cm³/mol. The summed E-state index contributed by atoms with van der Waals surface area (Å²) in [7, 11) is 0. The summed E-state index contributed by atoms with van der Waals surface area (Å²) >= 11 is 0. The van der Waals surface area contributed by atoms with Crippen LogP contribution in [0.2, 0.25) is 0 Å². The van der Waals surface area contributed by atoms with Gasteiger partial charge in [0.25, 0.3) is 0 Å². The van der Waals surface area contributed by atoms with E-state index in [-0.39, 0.29) is 0 Å². The lowest BCUT2D eigenvalue weighted by molar-refractivity contribution is -0.114. The summed E-state index contributed by atoms with van der Waals surface area (Å²) in [6.45, 7) is 1.68. The molecule has 0 spiro atoms. The van der Waals surface area contributed by atoms with Gasteiger partial charge >= 0.3 is 0 Å². The fourth-order valence-electron chi connectivity index (χ4n) is 0.882. The molecule has 2 heteroatoms. The fraction of sp³-hybridized carbons (Fsp3) is 0.182. The minimum absolute atomic E-state index is 0.407. The Morgan fingerprint density at radius 3 is 3.15 bits per heavy atom. The van der Waals surface area contributed by atoms with Crippen LogP contribution in [0.25, 0.3) is 0 Å². The van der Waals surface area contributed by atoms with E-state index in [4.69, 9.17) is 5.73 Å². The molecular formula is C11H11NO. The number of nitrogens with two attached hydrogens (primary N) is 1. The molecule has 0 aromatic rings. The highest BCUT2D eigenvalue weighted by molar-refractivity contribution is 5.92. The Labute approximate surface area is 77.8 Å². The third kappa shape index (κ3) is 3.00. The molecule has 1 rings (SSSR count). The summed E-state index contributed by atoms with van der Waals surface area (Å²) in [5.41, 5.74) is 6.44. The van der Waals surface area contributed by atoms with Crippen molar-refractivity contribution < 1.29 is 4.79 Å². The molecular weight excluding hydrogens is 162 g/mol. The van der Waals surface area contributed by atoms with Crippen LogP contribution in [0.5, 0.6) is 0 Å². The minimum atomic E-state index is -0.407. The molecule has 1 aliphatic carbocycles. The first-order valence-corrected chi connectivity index (χ1v) is 4.04. The Bertz CT molecular complexity index is 361. The van der Waals surface area contributed by atoms with Crippen molar-refractivity contribution in [2.24, 2.45) is 5.73 Å². The van der Waals surface area contributed by atoms with Crippen LogP contribution in [-0.4, -0.2) is 5.91 Å². The van der Waals surface area contributed by atoms with Gasteiger partial charge in [0.1, 0.15) is 0 Å². The maximum Gasteiger partial charge on any atom is 0.244 e. The highest BCUT2D eigenvalue weighted by Gasteiger charge is 1.97. The second kappa shape index (κ2) is 4.32. The lowest BCUT2D eigenvalue weighted by Gasteiger charge is -1.92. The Hall–Kier alpha value is -1.75. The molecule has 2 N–H and O–H groups in total. The van der Waals surface area contributed by atoms with E-state index in [2.05, 4.69) is 11.8 Å². The van der Waals surface area contributed by atoms with Crippen molar-refractivity contribution in [3.8, 4) is 11.8 Å². The first-order chi connectivity index (χ1) is 6.20. The molecule has 0 radical (unpaired) electrons. The zero-order chi connectivity index (χ0) is 9.68. The molecule has 0 saturated carbocycles. The molecule has 0 aromatic carbocycles. The number of hydrogen-bond donors (Lipinski definition) is 1. The van der Waals surface area contributed by atoms with Crippen LogP contribution in [0.15, 0.2) is 35.5 Å². The van der Waals surface area contributed by atoms with Crippen LogP contribution in [0.4, 0.5) is 0 Å². The van der Waals surface area contributed by atoms with E-state index in [1.165, 1.54) is 0 Å². The van der Waals surface area contributed by atoms with Crippen LogP contribution in [0.1, 0.15) is 13.3 Å². The van der Waals surface area contributed by atoms with E-state index in [1.54, 1.807) is 13.0 Å². The summed E-state index contributed by atoms with van der Waals surface area (Å²) in [5.74, 6) is 5.47. The zero-order valence-corrected chi connectivity index (χ0v) is 7.50. The second-order valence-corrected chi connectivity index (χ2v) is 2.75. The molecule has 2 nitrogen and oxygen atoms in total. The topological polar surface area (TPSA) is 43.1 Å². The molecule has 0 bridgehead atoms. The highest BCUT2D eigenvalue weighted by Crippen LogP contribution is 2.04. The number of amides is 1. The van der Waals surface area contributed by atoms with Crippen LogP contribution >= 0.6 is 0 Å². The average molecular weight is 173 g/mol. The summed E-state index contributed by atoms with van der Waals surface area (Å²) in [5, 5.41) is 0. The molecule has 0 fully saturated rings. The Morgan fingerprint density at radius 2 is 2.46 bits per heavy atom. The number of primary amides is 1. The monoisotopic (exact) mass is 173 g/mol. The van der Waals surface area contributed by atoms with Gasteiger partial charge in [-0.25, -0.2) is 0 Å². The lowest BCUT2D eigenvalue weighted by atomic mass is 10.1. The van der Waals surface area contributed by atoms with E-state index >= 15 is 0 Å². The number of carbonyl (C=O) groups excluding carboxylic acids is 1. The van der Waals surface area contributed by atoms with Gasteiger partial charge in [0, 0.05) is 17.6 Å². The number of hydrogen-bond acceptors (Lipinski definition) is 1. The lowest BCUT2D eigenvalue weighted by Crippen LogP contribution is -2.11. The van der Waals surface area contributed by atoms with Crippen molar-refractivity contribution in [3.63, 3.8) is 0 Å². The van der Waals surface area contributed by atoms with E-state index in [9.17, 15) is 4.79 Å². The molecule has 0 atom stereocenters. The van der Waals surface area contributed by atoms with E-state index in [1.807, 2.05) is 18.2 Å². The second-order valence-electron chi connectivity index (χ2n) is 2.75. The van der Waals surface area contributed by atoms with Crippen molar-refractivity contribution in [1.29, 1.82) is 0 Å². The Balaban J connectivity index is 2.88. The Morgan fingerprint density at radius 1 is 1.69 bits per heavy atom. The van der Waals surface area contributed by atoms with Crippen LogP contribution in [0.3, 0.4) is 0 Å². The third-order valence-corrected chi connectivity index (χ3v) is 1.63. The fourth-order valence-corrected chi connectivity index (χ4v) is 0.882. The van der Waals surface area contributed by atoms with Gasteiger partial charge in [-0.3, -0.25) is 4.79 Å². The maximum atomic E-state index is 10.7. The molecule has 1 amide bonds. The number of carbonyl (C=O) groups is 1. The zero-order valence-electron chi connectivity index (χ0n) is 7.50. The van der Waals surface area contributed by atoms with Gasteiger partial charge in [0.05, 0.1) is 0 Å². The van der Waals surface area contributed by atoms with Crippen LogP contribution in [-0.2, 0) is 4.79 Å². The van der Waals surface area contributed by atoms with Crippen molar-refractivity contribution >= 4 is 5.91 Å². The molecule has 0 saturated heterocycles. The van der Waals surface area contributed by atoms with Gasteiger partial charge in [0.15, 0.2) is 0 Å². The summed E-state index contributed by atoms with van der Waals surface area (Å²) in [6.07, 6.45) is 8.20. The molecule has 0 heterocycles. The van der Waals surface area contributed by atoms with Gasteiger partial charge in [-0.15, -0.1) is 0 Å². The standard InChI is InChI=1S/C11H11NO/c1-9(11(12)13)8-10-6-4-2-3-5-7-10/h2,4,6,8H,3H2,1H3,(H2,12,13)/b9-8-. The van der Waals surface area contributed by atoms with Crippen LogP contribution in [0, 0.1) is 11.8 Å². The van der Waals surface area contributed by atoms with E-state index < -0.39 is 5.91 Å². The smallest absolute Gasteiger partial charge is 0.244 e. The third-order valence-electron chi connectivity index (χ3n) is 1.63. The van der Waals surface area contributed by atoms with Gasteiger partial charge in [-0.05, 0) is 19.1 Å². The van der Waals surface area contributed by atoms with Crippen molar-refractivity contribution in [2.45, 2.75) is 13.3 Å². The quantitative estimate of drug-likeness (QED) is 0.496. The normalized spacial score (nSPS) is 15.5. The molecule has 0 aliphatic heterocycles. The Kier molecular flexibility index (Phi) is 3.10. The number of rotatable bonds is 2. The highest BCUT2D eigenvalue weighted by atomic mass is 16.1. The van der Waals surface area contributed by atoms with E-state index in [0.29, 0.717) is 5.57 Å². The van der Waals surface area contributed by atoms with Crippen molar-refractivity contribution in [1.82, 2.24) is 0 Å². The number of allylic oxidation sites excluding steroid dienone is 5. The SMILES string of the molecule is C/C(=C/C1=CC=CCC#C1)C(N)=O. The largest absolute Gasteiger partial charge is 0.366 e. The van der Waals surface area contributed by atoms with Gasteiger partial charge in [0.2, 0.25) is 5.91 Å². The molecule has 1 aliphatic rings. The molecule has 66 valence electrons. The molecule has 13 heavy (non-hydrogen) atoms. The van der Waals surface area contributed by atoms with Gasteiger partial charge in [-0.2, -0.15) is 0 Å². The molecule has 0 unspecified atom stereocenters. The average Bonchev–Trinajstić information content (AvgIpc) is 2.32. The van der Waals surface area contributed by atoms with Crippen molar-refractivity contribution in [2.75, 3.05) is 0 Å². The predicted octanol–water partition coefficient (Wildman–Crippen LogP) is 1.31. The summed E-state index contributed by atoms with van der Waals surface area (Å²) in [6, 6.07) is 0. The first-order valence-electron chi connectivity index (χ1n) is 4.04. The first kappa shape index (κ1) is 9.34. The van der Waals surface area contributed by atoms with Gasteiger partial charge in [-0.1, -0.05) is 24.0 Å². The maximum absolute atomic E-state index is 10.7.